The number of amides is 2. The summed E-state index contributed by atoms with van der Waals surface area (Å²) in [6, 6.07) is 9.38. The largest absolute Gasteiger partial charge is 0.573 e. The van der Waals surface area contributed by atoms with Gasteiger partial charge in [-0.1, -0.05) is 0 Å². The number of halogens is 3. The highest BCUT2D eigenvalue weighted by atomic mass is 32.1. The van der Waals surface area contributed by atoms with Crippen molar-refractivity contribution in [2.75, 3.05) is 11.9 Å². The molecule has 2 heterocycles. The molecular weight excluding hydrogens is 425 g/mol. The Balaban J connectivity index is 1.49. The number of furan rings is 1. The molecule has 0 saturated heterocycles. The van der Waals surface area contributed by atoms with Gasteiger partial charge in [-0.15, -0.1) is 13.2 Å². The van der Waals surface area contributed by atoms with Crippen molar-refractivity contribution in [1.29, 1.82) is 0 Å². The van der Waals surface area contributed by atoms with Crippen LogP contribution in [0.3, 0.4) is 0 Å². The highest BCUT2D eigenvalue weighted by Crippen LogP contribution is 2.27. The van der Waals surface area contributed by atoms with Gasteiger partial charge in [-0.05, 0) is 47.8 Å². The molecular formula is C19H15F3N2O5S. The second kappa shape index (κ2) is 9.01. The number of nitrogens with one attached hydrogen (secondary N) is 2. The van der Waals surface area contributed by atoms with Gasteiger partial charge >= 0.3 is 18.2 Å². The van der Waals surface area contributed by atoms with Crippen LogP contribution in [0, 0.1) is 0 Å². The van der Waals surface area contributed by atoms with Crippen LogP contribution in [0.4, 0.5) is 18.9 Å². The number of carbonyl (C=O) groups is 2. The molecule has 3 rings (SSSR count). The van der Waals surface area contributed by atoms with Gasteiger partial charge in [0.05, 0.1) is 6.54 Å². The van der Waals surface area contributed by atoms with Gasteiger partial charge < -0.3 is 24.9 Å². The van der Waals surface area contributed by atoms with Crippen LogP contribution >= 0.6 is 11.3 Å². The van der Waals surface area contributed by atoms with E-state index in [1.54, 1.807) is 12.1 Å². The predicted octanol–water partition coefficient (Wildman–Crippen LogP) is 3.70. The molecule has 0 spiro atoms. The van der Waals surface area contributed by atoms with Gasteiger partial charge in [0.25, 0.3) is 0 Å². The van der Waals surface area contributed by atoms with Crippen molar-refractivity contribution in [1.82, 2.24) is 5.32 Å². The lowest BCUT2D eigenvalue weighted by atomic mass is 10.2. The molecule has 158 valence electrons. The number of aliphatic hydroxyl groups excluding tert-OH is 1. The summed E-state index contributed by atoms with van der Waals surface area (Å²) >= 11 is 1.49. The van der Waals surface area contributed by atoms with Crippen LogP contribution in [-0.2, 0) is 9.59 Å². The van der Waals surface area contributed by atoms with Crippen LogP contribution < -0.4 is 15.4 Å². The van der Waals surface area contributed by atoms with Gasteiger partial charge in [0.15, 0.2) is 0 Å². The Labute approximate surface area is 172 Å². The fourth-order valence-corrected chi connectivity index (χ4v) is 3.03. The van der Waals surface area contributed by atoms with E-state index in [0.717, 1.165) is 29.8 Å². The Kier molecular flexibility index (Phi) is 6.43. The molecule has 0 radical (unpaired) electrons. The fourth-order valence-electron chi connectivity index (χ4n) is 2.39. The maximum absolute atomic E-state index is 12.1. The highest BCUT2D eigenvalue weighted by Gasteiger charge is 2.31. The Morgan fingerprint density at radius 1 is 1.10 bits per heavy atom. The van der Waals surface area contributed by atoms with Gasteiger partial charge in [-0.2, -0.15) is 11.3 Å². The van der Waals surface area contributed by atoms with Gasteiger partial charge in [-0.25, -0.2) is 0 Å². The van der Waals surface area contributed by atoms with Crippen molar-refractivity contribution in [3.8, 4) is 17.1 Å². The first-order valence-electron chi connectivity index (χ1n) is 8.46. The molecule has 0 aliphatic rings. The van der Waals surface area contributed by atoms with E-state index in [-0.39, 0.29) is 18.0 Å². The van der Waals surface area contributed by atoms with Gasteiger partial charge in [-0.3, -0.25) is 9.59 Å². The van der Waals surface area contributed by atoms with Crippen molar-refractivity contribution >= 4 is 28.8 Å². The maximum Gasteiger partial charge on any atom is 0.573 e. The molecule has 2 amide bonds. The van der Waals surface area contributed by atoms with Crippen LogP contribution in [0.2, 0.25) is 0 Å². The molecule has 3 aromatic rings. The lowest BCUT2D eigenvalue weighted by Gasteiger charge is -2.11. The minimum absolute atomic E-state index is 0.0941. The zero-order chi connectivity index (χ0) is 21.7. The van der Waals surface area contributed by atoms with Gasteiger partial charge in [0.1, 0.15) is 23.4 Å². The summed E-state index contributed by atoms with van der Waals surface area (Å²) in [5, 5.41) is 18.4. The summed E-state index contributed by atoms with van der Waals surface area (Å²) in [6.07, 6.45) is -6.00. The molecule has 30 heavy (non-hydrogen) atoms. The van der Waals surface area contributed by atoms with E-state index in [1.165, 1.54) is 11.3 Å². The number of ether oxygens (including phenoxy) is 1. The molecule has 0 fully saturated rings. The van der Waals surface area contributed by atoms with Crippen molar-refractivity contribution in [2.24, 2.45) is 0 Å². The van der Waals surface area contributed by atoms with Gasteiger partial charge in [0, 0.05) is 16.6 Å². The van der Waals surface area contributed by atoms with Crippen molar-refractivity contribution in [3.05, 3.63) is 59.0 Å². The topological polar surface area (TPSA) is 101 Å². The number of rotatable bonds is 6. The molecule has 0 aliphatic heterocycles. The van der Waals surface area contributed by atoms with Crippen LogP contribution in [0.5, 0.6) is 5.75 Å². The third-order valence-electron chi connectivity index (χ3n) is 3.77. The standard InChI is InChI=1S/C19H15F3N2O5S/c20-19(21,22)29-13-3-1-12(2-4-13)24-18(27)17(26)23-9-14(25)16-6-5-15(28-16)11-7-8-30-10-11/h1-8,10,14,25H,9H2,(H,23,26)(H,24,27)/t14-/m0/s1. The first-order chi connectivity index (χ1) is 14.2. The predicted molar refractivity (Wildman–Crippen MR) is 102 cm³/mol. The van der Waals surface area contributed by atoms with E-state index in [1.807, 2.05) is 16.8 Å². The molecule has 1 aromatic carbocycles. The Bertz CT molecular complexity index is 1000. The summed E-state index contributed by atoms with van der Waals surface area (Å²) in [4.78, 5) is 23.8. The summed E-state index contributed by atoms with van der Waals surface area (Å²) in [5.41, 5.74) is 0.949. The number of benzene rings is 1. The van der Waals surface area contributed by atoms with E-state index in [9.17, 15) is 27.9 Å². The molecule has 0 unspecified atom stereocenters. The lowest BCUT2D eigenvalue weighted by molar-refractivity contribution is -0.274. The second-order valence-corrected chi connectivity index (χ2v) is 6.75. The zero-order valence-electron chi connectivity index (χ0n) is 15.1. The summed E-state index contributed by atoms with van der Waals surface area (Å²) in [6.45, 7) is -0.277. The average Bonchev–Trinajstić information content (AvgIpc) is 3.37. The van der Waals surface area contributed by atoms with Crippen LogP contribution in [0.1, 0.15) is 11.9 Å². The number of alkyl halides is 3. The summed E-state index contributed by atoms with van der Waals surface area (Å²) < 4.78 is 45.6. The van der Waals surface area contributed by atoms with Gasteiger partial charge in [0.2, 0.25) is 0 Å². The van der Waals surface area contributed by atoms with E-state index in [0.29, 0.717) is 5.76 Å². The molecule has 2 aromatic heterocycles. The molecule has 7 nitrogen and oxygen atoms in total. The van der Waals surface area contributed by atoms with E-state index < -0.39 is 30.0 Å². The number of hydrogen-bond acceptors (Lipinski definition) is 6. The molecule has 0 saturated carbocycles. The third-order valence-corrected chi connectivity index (χ3v) is 4.45. The van der Waals surface area contributed by atoms with Crippen LogP contribution in [-0.4, -0.2) is 29.8 Å². The first kappa shape index (κ1) is 21.4. The van der Waals surface area contributed by atoms with Crippen LogP contribution in [0.15, 0.2) is 57.6 Å². The normalized spacial score (nSPS) is 12.3. The van der Waals surface area contributed by atoms with E-state index >= 15 is 0 Å². The van der Waals surface area contributed by atoms with Crippen molar-refractivity contribution < 1.29 is 37.0 Å². The quantitative estimate of drug-likeness (QED) is 0.508. The van der Waals surface area contributed by atoms with Crippen molar-refractivity contribution in [3.63, 3.8) is 0 Å². The number of thiophene rings is 1. The summed E-state index contributed by atoms with van der Waals surface area (Å²) in [5.74, 6) is -1.77. The van der Waals surface area contributed by atoms with Crippen LogP contribution in [0.25, 0.3) is 11.3 Å². The molecule has 3 N–H and O–H groups in total. The second-order valence-electron chi connectivity index (χ2n) is 5.97. The molecule has 0 bridgehead atoms. The first-order valence-corrected chi connectivity index (χ1v) is 9.41. The fraction of sp³-hybridized carbons (Fsp3) is 0.158. The van der Waals surface area contributed by atoms with Crippen molar-refractivity contribution in [2.45, 2.75) is 12.5 Å². The highest BCUT2D eigenvalue weighted by molar-refractivity contribution is 7.08. The Morgan fingerprint density at radius 3 is 2.47 bits per heavy atom. The average molecular weight is 440 g/mol. The Morgan fingerprint density at radius 2 is 1.83 bits per heavy atom. The summed E-state index contributed by atoms with van der Waals surface area (Å²) in [7, 11) is 0. The molecule has 0 aliphatic carbocycles. The van der Waals surface area contributed by atoms with E-state index in [2.05, 4.69) is 15.4 Å². The smallest absolute Gasteiger partial charge is 0.458 e. The maximum atomic E-state index is 12.1. The van der Waals surface area contributed by atoms with E-state index in [4.69, 9.17) is 4.42 Å². The minimum Gasteiger partial charge on any atom is -0.458 e. The molecule has 1 atom stereocenters. The SMILES string of the molecule is O=C(NC[C@H](O)c1ccc(-c2ccsc2)o1)C(=O)Nc1ccc(OC(F)(F)F)cc1. The monoisotopic (exact) mass is 440 g/mol. The number of carbonyl (C=O) groups excluding carboxylic acids is 2. The Hall–Kier alpha value is -3.31. The number of anilines is 1. The number of hydrogen-bond donors (Lipinski definition) is 3. The molecule has 11 heteroatoms. The minimum atomic E-state index is -4.83. The lowest BCUT2D eigenvalue weighted by Crippen LogP contribution is -2.37. The number of aliphatic hydroxyl groups is 1. The zero-order valence-corrected chi connectivity index (χ0v) is 15.9. The third kappa shape index (κ3) is 5.84.